The van der Waals surface area contributed by atoms with Gasteiger partial charge in [-0.2, -0.15) is 0 Å². The molecule has 2 amide bonds. The van der Waals surface area contributed by atoms with Crippen molar-refractivity contribution in [3.63, 3.8) is 0 Å². The number of nitrogens with zero attached hydrogens (tertiary/aromatic N) is 1. The maximum absolute atomic E-state index is 12.0. The standard InChI is InChI=1S/C15H29N3O3/c1-5-18(13(19)10-16)12-9-7-6-8-11(12)17-14(20)21-15(2,3)4/h11-12H,5-10,16H2,1-4H3,(H,17,20)/t11-,12-/m0/s1. The number of amides is 2. The molecule has 6 heteroatoms. The van der Waals surface area contributed by atoms with E-state index in [-0.39, 0.29) is 24.5 Å². The van der Waals surface area contributed by atoms with Gasteiger partial charge in [0.25, 0.3) is 0 Å². The van der Waals surface area contributed by atoms with Crippen LogP contribution in [0.25, 0.3) is 0 Å². The van der Waals surface area contributed by atoms with Crippen molar-refractivity contribution >= 4 is 12.0 Å². The highest BCUT2D eigenvalue weighted by atomic mass is 16.6. The van der Waals surface area contributed by atoms with E-state index in [1.54, 1.807) is 4.90 Å². The Morgan fingerprint density at radius 2 is 1.90 bits per heavy atom. The quantitative estimate of drug-likeness (QED) is 0.826. The van der Waals surface area contributed by atoms with Crippen molar-refractivity contribution < 1.29 is 14.3 Å². The summed E-state index contributed by atoms with van der Waals surface area (Å²) in [6.45, 7) is 8.05. The number of rotatable bonds is 4. The van der Waals surface area contributed by atoms with Gasteiger partial charge in [0.05, 0.1) is 18.6 Å². The van der Waals surface area contributed by atoms with Gasteiger partial charge < -0.3 is 20.7 Å². The molecule has 6 nitrogen and oxygen atoms in total. The molecule has 0 unspecified atom stereocenters. The summed E-state index contributed by atoms with van der Waals surface area (Å²) in [4.78, 5) is 25.7. The summed E-state index contributed by atoms with van der Waals surface area (Å²) in [5.74, 6) is -0.0691. The number of alkyl carbamates (subject to hydrolysis) is 1. The Bertz CT molecular complexity index is 366. The molecule has 1 fully saturated rings. The summed E-state index contributed by atoms with van der Waals surface area (Å²) >= 11 is 0. The van der Waals surface area contributed by atoms with Gasteiger partial charge >= 0.3 is 6.09 Å². The van der Waals surface area contributed by atoms with E-state index in [4.69, 9.17) is 10.5 Å². The summed E-state index contributed by atoms with van der Waals surface area (Å²) in [6, 6.07) is -0.0589. The smallest absolute Gasteiger partial charge is 0.407 e. The summed E-state index contributed by atoms with van der Waals surface area (Å²) in [5.41, 5.74) is 4.96. The lowest BCUT2D eigenvalue weighted by atomic mass is 9.89. The van der Waals surface area contributed by atoms with E-state index in [0.717, 1.165) is 25.7 Å². The van der Waals surface area contributed by atoms with E-state index in [9.17, 15) is 9.59 Å². The van der Waals surface area contributed by atoms with Gasteiger partial charge in [-0.3, -0.25) is 4.79 Å². The maximum Gasteiger partial charge on any atom is 0.407 e. The minimum absolute atomic E-state index is 0.00347. The molecule has 0 aromatic rings. The predicted octanol–water partition coefficient (Wildman–Crippen LogP) is 1.63. The summed E-state index contributed by atoms with van der Waals surface area (Å²) in [6.07, 6.45) is 3.44. The second-order valence-electron chi connectivity index (χ2n) is 6.49. The van der Waals surface area contributed by atoms with Crippen LogP contribution in [0.3, 0.4) is 0 Å². The van der Waals surface area contributed by atoms with Crippen molar-refractivity contribution in [1.29, 1.82) is 0 Å². The molecular formula is C15H29N3O3. The molecule has 3 N–H and O–H groups in total. The molecule has 1 rings (SSSR count). The molecule has 2 atom stereocenters. The van der Waals surface area contributed by atoms with Gasteiger partial charge in [0.2, 0.25) is 5.91 Å². The number of nitrogens with two attached hydrogens (primary N) is 1. The molecule has 0 aliphatic heterocycles. The average molecular weight is 299 g/mol. The number of carbonyl (C=O) groups excluding carboxylic acids is 2. The van der Waals surface area contributed by atoms with Crippen LogP contribution in [0.2, 0.25) is 0 Å². The lowest BCUT2D eigenvalue weighted by Crippen LogP contribution is -2.56. The lowest BCUT2D eigenvalue weighted by molar-refractivity contribution is -0.133. The van der Waals surface area contributed by atoms with Crippen molar-refractivity contribution in [2.24, 2.45) is 5.73 Å². The molecule has 0 saturated heterocycles. The van der Waals surface area contributed by atoms with Gasteiger partial charge in [-0.1, -0.05) is 12.8 Å². The fraction of sp³-hybridized carbons (Fsp3) is 0.867. The average Bonchev–Trinajstić information content (AvgIpc) is 2.39. The summed E-state index contributed by atoms with van der Waals surface area (Å²) < 4.78 is 5.31. The first kappa shape index (κ1) is 17.8. The van der Waals surface area contributed by atoms with E-state index in [1.807, 2.05) is 27.7 Å². The first-order chi connectivity index (χ1) is 9.78. The van der Waals surface area contributed by atoms with Crippen LogP contribution in [0, 0.1) is 0 Å². The number of hydrogen-bond acceptors (Lipinski definition) is 4. The van der Waals surface area contributed by atoms with Crippen LogP contribution in [0.4, 0.5) is 4.79 Å². The van der Waals surface area contributed by atoms with Crippen molar-refractivity contribution in [1.82, 2.24) is 10.2 Å². The highest BCUT2D eigenvalue weighted by Gasteiger charge is 2.33. The Balaban J connectivity index is 2.72. The molecule has 1 aliphatic rings. The van der Waals surface area contributed by atoms with Crippen LogP contribution < -0.4 is 11.1 Å². The molecule has 0 spiro atoms. The number of nitrogens with one attached hydrogen (secondary N) is 1. The fourth-order valence-corrected chi connectivity index (χ4v) is 2.82. The van der Waals surface area contributed by atoms with Gasteiger partial charge in [0.15, 0.2) is 0 Å². The van der Waals surface area contributed by atoms with E-state index in [0.29, 0.717) is 6.54 Å². The third-order valence-corrected chi connectivity index (χ3v) is 3.67. The Morgan fingerprint density at radius 1 is 1.29 bits per heavy atom. The van der Waals surface area contributed by atoms with Gasteiger partial charge in [-0.25, -0.2) is 4.79 Å². The number of ether oxygens (including phenoxy) is 1. The molecule has 122 valence electrons. The Labute approximate surface area is 127 Å². The number of carbonyl (C=O) groups is 2. The Kier molecular flexibility index (Phi) is 6.45. The number of hydrogen-bond donors (Lipinski definition) is 2. The summed E-state index contributed by atoms with van der Waals surface area (Å²) in [5, 5.41) is 2.92. The van der Waals surface area contributed by atoms with Gasteiger partial charge in [0, 0.05) is 6.54 Å². The highest BCUT2D eigenvalue weighted by Crippen LogP contribution is 2.24. The Hall–Kier alpha value is -1.30. The van der Waals surface area contributed by atoms with Crippen LogP contribution in [-0.2, 0) is 9.53 Å². The van der Waals surface area contributed by atoms with Crippen LogP contribution in [0.1, 0.15) is 53.4 Å². The first-order valence-electron chi connectivity index (χ1n) is 7.77. The van der Waals surface area contributed by atoms with E-state index < -0.39 is 11.7 Å². The van der Waals surface area contributed by atoms with E-state index >= 15 is 0 Å². The SMILES string of the molecule is CCN(C(=O)CN)[C@H]1CCCC[C@@H]1NC(=O)OC(C)(C)C. The van der Waals surface area contributed by atoms with Gasteiger partial charge in [-0.05, 0) is 40.5 Å². The molecule has 0 bridgehead atoms. The second kappa shape index (κ2) is 7.64. The molecule has 0 heterocycles. The second-order valence-corrected chi connectivity index (χ2v) is 6.49. The molecular weight excluding hydrogens is 270 g/mol. The van der Waals surface area contributed by atoms with Gasteiger partial charge in [0.1, 0.15) is 5.60 Å². The molecule has 0 aromatic carbocycles. The van der Waals surface area contributed by atoms with Crippen LogP contribution >= 0.6 is 0 Å². The zero-order valence-electron chi connectivity index (χ0n) is 13.6. The summed E-state index contributed by atoms with van der Waals surface area (Å²) in [7, 11) is 0. The van der Waals surface area contributed by atoms with Crippen LogP contribution in [0.15, 0.2) is 0 Å². The monoisotopic (exact) mass is 299 g/mol. The molecule has 0 radical (unpaired) electrons. The van der Waals surface area contributed by atoms with Crippen molar-refractivity contribution in [3.05, 3.63) is 0 Å². The van der Waals surface area contributed by atoms with E-state index in [1.165, 1.54) is 0 Å². The van der Waals surface area contributed by atoms with Crippen molar-refractivity contribution in [3.8, 4) is 0 Å². The molecule has 1 aliphatic carbocycles. The largest absolute Gasteiger partial charge is 0.444 e. The highest BCUT2D eigenvalue weighted by molar-refractivity contribution is 5.78. The first-order valence-corrected chi connectivity index (χ1v) is 7.77. The third kappa shape index (κ3) is 5.53. The van der Waals surface area contributed by atoms with Crippen molar-refractivity contribution in [2.75, 3.05) is 13.1 Å². The third-order valence-electron chi connectivity index (χ3n) is 3.67. The zero-order valence-corrected chi connectivity index (χ0v) is 13.6. The zero-order chi connectivity index (χ0) is 16.0. The van der Waals surface area contributed by atoms with Crippen LogP contribution in [-0.4, -0.2) is 47.7 Å². The van der Waals surface area contributed by atoms with E-state index in [2.05, 4.69) is 5.32 Å². The normalized spacial score (nSPS) is 22.5. The van der Waals surface area contributed by atoms with Crippen LogP contribution in [0.5, 0.6) is 0 Å². The lowest BCUT2D eigenvalue weighted by Gasteiger charge is -2.39. The predicted molar refractivity (Wildman–Crippen MR) is 81.9 cm³/mol. The minimum Gasteiger partial charge on any atom is -0.444 e. The van der Waals surface area contributed by atoms with Crippen molar-refractivity contribution in [2.45, 2.75) is 71.1 Å². The minimum atomic E-state index is -0.522. The van der Waals surface area contributed by atoms with Gasteiger partial charge in [-0.15, -0.1) is 0 Å². The maximum atomic E-state index is 12.0. The fourth-order valence-electron chi connectivity index (χ4n) is 2.82. The molecule has 21 heavy (non-hydrogen) atoms. The number of likely N-dealkylation sites (N-methyl/N-ethyl adjacent to an activating group) is 1. The Morgan fingerprint density at radius 3 is 2.43 bits per heavy atom. The molecule has 1 saturated carbocycles. The molecule has 0 aromatic heterocycles. The topological polar surface area (TPSA) is 84.7 Å².